The first-order chi connectivity index (χ1) is 8.60. The summed E-state index contributed by atoms with van der Waals surface area (Å²) in [5, 5.41) is 11.9. The van der Waals surface area contributed by atoms with Gasteiger partial charge in [-0.15, -0.1) is 0 Å². The van der Waals surface area contributed by atoms with Crippen LogP contribution in [0.5, 0.6) is 0 Å². The van der Waals surface area contributed by atoms with Gasteiger partial charge < -0.3 is 9.73 Å². The van der Waals surface area contributed by atoms with Crippen LogP contribution in [0.3, 0.4) is 0 Å². The summed E-state index contributed by atoms with van der Waals surface area (Å²) in [4.78, 5) is 0. The molecule has 0 saturated heterocycles. The second-order valence-electron chi connectivity index (χ2n) is 3.48. The molecule has 0 radical (unpaired) electrons. The Morgan fingerprint density at radius 2 is 2.22 bits per heavy atom. The predicted molar refractivity (Wildman–Crippen MR) is 69.9 cm³/mol. The molecule has 6 heteroatoms. The molecule has 1 aromatic heterocycles. The first-order valence-corrected chi connectivity index (χ1v) is 6.14. The Kier molecular flexibility index (Phi) is 3.90. The van der Waals surface area contributed by atoms with E-state index in [1.807, 2.05) is 6.07 Å². The third-order valence-corrected chi connectivity index (χ3v) is 3.14. The third-order valence-electron chi connectivity index (χ3n) is 2.22. The van der Waals surface area contributed by atoms with Crippen LogP contribution in [0.4, 0.5) is 10.1 Å². The highest BCUT2D eigenvalue weighted by atomic mass is 79.9. The van der Waals surface area contributed by atoms with E-state index in [2.05, 4.69) is 21.2 Å². The Hall–Kier alpha value is -1.51. The summed E-state index contributed by atoms with van der Waals surface area (Å²) in [6.45, 7) is 0.353. The quantitative estimate of drug-likeness (QED) is 0.912. The van der Waals surface area contributed by atoms with Crippen LogP contribution in [0.2, 0.25) is 5.02 Å². The molecule has 0 bridgehead atoms. The monoisotopic (exact) mass is 328 g/mol. The van der Waals surface area contributed by atoms with E-state index in [0.29, 0.717) is 22.5 Å². The summed E-state index contributed by atoms with van der Waals surface area (Å²) < 4.78 is 18.8. The lowest BCUT2D eigenvalue weighted by atomic mass is 10.3. The van der Waals surface area contributed by atoms with E-state index in [0.717, 1.165) is 0 Å². The molecule has 2 rings (SSSR count). The fourth-order valence-corrected chi connectivity index (χ4v) is 2.38. The van der Waals surface area contributed by atoms with Crippen LogP contribution in [-0.4, -0.2) is 0 Å². The van der Waals surface area contributed by atoms with Gasteiger partial charge in [-0.1, -0.05) is 11.6 Å². The number of anilines is 1. The number of benzene rings is 1. The molecular weight excluding hydrogens is 322 g/mol. The summed E-state index contributed by atoms with van der Waals surface area (Å²) in [7, 11) is 0. The third kappa shape index (κ3) is 2.84. The zero-order valence-electron chi connectivity index (χ0n) is 9.01. The molecule has 0 saturated carbocycles. The minimum Gasteiger partial charge on any atom is -0.449 e. The van der Waals surface area contributed by atoms with Crippen molar-refractivity contribution in [3.8, 4) is 6.07 Å². The van der Waals surface area contributed by atoms with E-state index >= 15 is 0 Å². The van der Waals surface area contributed by atoms with Crippen LogP contribution in [0.15, 0.2) is 33.2 Å². The molecule has 18 heavy (non-hydrogen) atoms. The number of hydrogen-bond donors (Lipinski definition) is 1. The molecule has 0 aliphatic rings. The maximum Gasteiger partial charge on any atom is 0.203 e. The van der Waals surface area contributed by atoms with Crippen molar-refractivity contribution in [3.05, 3.63) is 51.1 Å². The van der Waals surface area contributed by atoms with E-state index in [1.165, 1.54) is 12.1 Å². The van der Waals surface area contributed by atoms with Crippen LogP contribution in [0.25, 0.3) is 0 Å². The van der Waals surface area contributed by atoms with Gasteiger partial charge in [-0.05, 0) is 40.2 Å². The largest absolute Gasteiger partial charge is 0.449 e. The van der Waals surface area contributed by atoms with Gasteiger partial charge in [-0.3, -0.25) is 0 Å². The summed E-state index contributed by atoms with van der Waals surface area (Å²) >= 11 is 9.14. The maximum absolute atomic E-state index is 13.0. The second kappa shape index (κ2) is 5.42. The molecule has 2 aromatic rings. The van der Waals surface area contributed by atoms with Crippen LogP contribution in [0.1, 0.15) is 11.5 Å². The summed E-state index contributed by atoms with van der Waals surface area (Å²) in [6.07, 6.45) is 0. The molecule has 0 unspecified atom stereocenters. The smallest absolute Gasteiger partial charge is 0.203 e. The highest BCUT2D eigenvalue weighted by molar-refractivity contribution is 9.10. The SMILES string of the molecule is N#Cc1ccc(CNc2c(Cl)cc(F)cc2Br)o1. The van der Waals surface area contributed by atoms with E-state index in [-0.39, 0.29) is 10.8 Å². The molecule has 0 aliphatic heterocycles. The lowest BCUT2D eigenvalue weighted by Gasteiger charge is -2.09. The second-order valence-corrected chi connectivity index (χ2v) is 4.74. The molecule has 0 atom stereocenters. The van der Waals surface area contributed by atoms with Crippen LogP contribution < -0.4 is 5.32 Å². The van der Waals surface area contributed by atoms with Crippen molar-refractivity contribution in [3.63, 3.8) is 0 Å². The van der Waals surface area contributed by atoms with Gasteiger partial charge in [-0.2, -0.15) is 5.26 Å². The zero-order chi connectivity index (χ0) is 13.1. The molecule has 0 amide bonds. The Morgan fingerprint density at radius 1 is 1.44 bits per heavy atom. The average molecular weight is 330 g/mol. The van der Waals surface area contributed by atoms with Crippen LogP contribution in [0, 0.1) is 17.1 Å². The average Bonchev–Trinajstić information content (AvgIpc) is 2.75. The van der Waals surface area contributed by atoms with Crippen molar-refractivity contribution in [1.82, 2.24) is 0 Å². The maximum atomic E-state index is 13.0. The van der Waals surface area contributed by atoms with Gasteiger partial charge in [0.05, 0.1) is 17.3 Å². The predicted octanol–water partition coefficient (Wildman–Crippen LogP) is 4.32. The first kappa shape index (κ1) is 12.9. The molecule has 0 spiro atoms. The van der Waals surface area contributed by atoms with Crippen molar-refractivity contribution in [1.29, 1.82) is 5.26 Å². The number of hydrogen-bond acceptors (Lipinski definition) is 3. The number of nitriles is 1. The molecule has 1 heterocycles. The molecule has 1 N–H and O–H groups in total. The lowest BCUT2D eigenvalue weighted by molar-refractivity contribution is 0.506. The van der Waals surface area contributed by atoms with Crippen molar-refractivity contribution >= 4 is 33.2 Å². The van der Waals surface area contributed by atoms with Crippen molar-refractivity contribution < 1.29 is 8.81 Å². The van der Waals surface area contributed by atoms with E-state index < -0.39 is 5.82 Å². The van der Waals surface area contributed by atoms with Crippen molar-refractivity contribution in [2.24, 2.45) is 0 Å². The fourth-order valence-electron chi connectivity index (χ4n) is 1.42. The molecule has 0 aliphatic carbocycles. The Labute approximate surface area is 116 Å². The van der Waals surface area contributed by atoms with Gasteiger partial charge in [0.1, 0.15) is 17.6 Å². The minimum atomic E-state index is -0.415. The van der Waals surface area contributed by atoms with Gasteiger partial charge in [0.15, 0.2) is 0 Å². The Bertz CT molecular complexity index is 598. The number of furan rings is 1. The van der Waals surface area contributed by atoms with Gasteiger partial charge >= 0.3 is 0 Å². The van der Waals surface area contributed by atoms with Gasteiger partial charge in [0.25, 0.3) is 0 Å². The van der Waals surface area contributed by atoms with E-state index in [9.17, 15) is 4.39 Å². The normalized spacial score (nSPS) is 10.1. The summed E-state index contributed by atoms with van der Waals surface area (Å²) in [5.74, 6) is 0.428. The lowest BCUT2D eigenvalue weighted by Crippen LogP contribution is -2.00. The fraction of sp³-hybridized carbons (Fsp3) is 0.0833. The summed E-state index contributed by atoms with van der Waals surface area (Å²) in [6, 6.07) is 7.71. The Balaban J connectivity index is 2.13. The summed E-state index contributed by atoms with van der Waals surface area (Å²) in [5.41, 5.74) is 0.577. The van der Waals surface area contributed by atoms with Crippen molar-refractivity contribution in [2.45, 2.75) is 6.54 Å². The number of halogens is 3. The molecule has 1 aromatic carbocycles. The number of rotatable bonds is 3. The standard InChI is InChI=1S/C12H7BrClFN2O/c13-10-3-7(15)4-11(14)12(10)17-6-9-2-1-8(5-16)18-9/h1-4,17H,6H2. The highest BCUT2D eigenvalue weighted by Crippen LogP contribution is 2.32. The molecule has 0 fully saturated rings. The zero-order valence-corrected chi connectivity index (χ0v) is 11.3. The molecule has 3 nitrogen and oxygen atoms in total. The Morgan fingerprint density at radius 3 is 2.83 bits per heavy atom. The van der Waals surface area contributed by atoms with E-state index in [1.54, 1.807) is 12.1 Å². The van der Waals surface area contributed by atoms with Crippen LogP contribution in [-0.2, 0) is 6.54 Å². The van der Waals surface area contributed by atoms with Gasteiger partial charge in [0, 0.05) is 4.47 Å². The topological polar surface area (TPSA) is 49.0 Å². The number of nitrogens with zero attached hydrogens (tertiary/aromatic N) is 1. The van der Waals surface area contributed by atoms with Gasteiger partial charge in [-0.25, -0.2) is 4.39 Å². The minimum absolute atomic E-state index is 0.246. The number of nitrogens with one attached hydrogen (secondary N) is 1. The molecule has 92 valence electrons. The van der Waals surface area contributed by atoms with Crippen LogP contribution >= 0.6 is 27.5 Å². The van der Waals surface area contributed by atoms with Gasteiger partial charge in [0.2, 0.25) is 5.76 Å². The van der Waals surface area contributed by atoms with E-state index in [4.69, 9.17) is 21.3 Å². The molecular formula is C12H7BrClFN2O. The van der Waals surface area contributed by atoms with Crippen molar-refractivity contribution in [2.75, 3.05) is 5.32 Å². The first-order valence-electron chi connectivity index (χ1n) is 4.97. The highest BCUT2D eigenvalue weighted by Gasteiger charge is 2.09.